The van der Waals surface area contributed by atoms with Gasteiger partial charge in [0.1, 0.15) is 5.60 Å². The second kappa shape index (κ2) is 8.34. The Morgan fingerprint density at radius 3 is 2.83 bits per heavy atom. The van der Waals surface area contributed by atoms with Crippen LogP contribution in [-0.2, 0) is 9.47 Å². The van der Waals surface area contributed by atoms with Crippen molar-refractivity contribution in [2.75, 3.05) is 26.2 Å². The highest BCUT2D eigenvalue weighted by atomic mass is 16.6. The Morgan fingerprint density at radius 2 is 2.13 bits per heavy atom. The minimum Gasteiger partial charge on any atom is -0.444 e. The molecule has 0 aromatic carbocycles. The Balaban J connectivity index is 1.68. The number of ether oxygens (including phenoxy) is 2. The molecule has 0 aromatic rings. The fourth-order valence-corrected chi connectivity index (χ4v) is 3.41. The summed E-state index contributed by atoms with van der Waals surface area (Å²) >= 11 is 0. The van der Waals surface area contributed by atoms with Crippen molar-refractivity contribution >= 4 is 6.09 Å². The normalized spacial score (nSPS) is 28.9. The number of rotatable bonds is 5. The van der Waals surface area contributed by atoms with Crippen molar-refractivity contribution in [1.82, 2.24) is 10.2 Å². The van der Waals surface area contributed by atoms with Gasteiger partial charge in [-0.25, -0.2) is 4.79 Å². The second-order valence-electron chi connectivity index (χ2n) is 7.99. The van der Waals surface area contributed by atoms with E-state index in [0.29, 0.717) is 18.1 Å². The van der Waals surface area contributed by atoms with Gasteiger partial charge in [0.25, 0.3) is 0 Å². The number of amides is 1. The van der Waals surface area contributed by atoms with Crippen LogP contribution in [0.2, 0.25) is 0 Å². The summed E-state index contributed by atoms with van der Waals surface area (Å²) in [5, 5.41) is 3.70. The first-order chi connectivity index (χ1) is 10.9. The average Bonchev–Trinajstić information content (AvgIpc) is 2.93. The molecular weight excluding hydrogens is 292 g/mol. The van der Waals surface area contributed by atoms with Crippen LogP contribution in [0.4, 0.5) is 4.79 Å². The third-order valence-corrected chi connectivity index (χ3v) is 4.61. The van der Waals surface area contributed by atoms with Gasteiger partial charge in [0.05, 0.1) is 6.10 Å². The molecule has 3 atom stereocenters. The van der Waals surface area contributed by atoms with Crippen molar-refractivity contribution in [1.29, 1.82) is 0 Å². The van der Waals surface area contributed by atoms with Gasteiger partial charge in [-0.2, -0.15) is 0 Å². The van der Waals surface area contributed by atoms with Gasteiger partial charge in [-0.15, -0.1) is 0 Å². The third kappa shape index (κ3) is 6.30. The van der Waals surface area contributed by atoms with E-state index in [1.54, 1.807) is 0 Å². The molecule has 0 spiro atoms. The molecule has 1 amide bonds. The predicted molar refractivity (Wildman–Crippen MR) is 91.6 cm³/mol. The van der Waals surface area contributed by atoms with Crippen LogP contribution in [0, 0.1) is 5.92 Å². The molecule has 134 valence electrons. The Labute approximate surface area is 141 Å². The fourth-order valence-electron chi connectivity index (χ4n) is 3.41. The third-order valence-electron chi connectivity index (χ3n) is 4.61. The number of likely N-dealkylation sites (tertiary alicyclic amines) is 1. The van der Waals surface area contributed by atoms with Gasteiger partial charge in [-0.3, -0.25) is 0 Å². The van der Waals surface area contributed by atoms with Crippen molar-refractivity contribution in [2.24, 2.45) is 5.92 Å². The van der Waals surface area contributed by atoms with Crippen LogP contribution in [0.1, 0.15) is 59.8 Å². The highest BCUT2D eigenvalue weighted by Gasteiger charge is 2.30. The maximum Gasteiger partial charge on any atom is 0.410 e. The molecule has 2 aliphatic heterocycles. The lowest BCUT2D eigenvalue weighted by Gasteiger charge is -2.31. The number of nitrogens with one attached hydrogen (secondary N) is 1. The highest BCUT2D eigenvalue weighted by molar-refractivity contribution is 5.68. The molecule has 3 unspecified atom stereocenters. The van der Waals surface area contributed by atoms with E-state index in [2.05, 4.69) is 12.2 Å². The number of hydrogen-bond donors (Lipinski definition) is 1. The molecule has 23 heavy (non-hydrogen) atoms. The summed E-state index contributed by atoms with van der Waals surface area (Å²) in [7, 11) is 0. The first-order valence-corrected chi connectivity index (χ1v) is 9.20. The smallest absolute Gasteiger partial charge is 0.410 e. The number of nitrogens with zero attached hydrogens (tertiary/aromatic N) is 1. The zero-order valence-electron chi connectivity index (χ0n) is 15.3. The van der Waals surface area contributed by atoms with E-state index in [0.717, 1.165) is 51.9 Å². The Morgan fingerprint density at radius 1 is 1.35 bits per heavy atom. The van der Waals surface area contributed by atoms with E-state index in [1.807, 2.05) is 25.7 Å². The maximum atomic E-state index is 12.1. The molecule has 1 N–H and O–H groups in total. The average molecular weight is 326 g/mol. The minimum atomic E-state index is -0.413. The molecule has 2 heterocycles. The second-order valence-corrected chi connectivity index (χ2v) is 7.99. The van der Waals surface area contributed by atoms with E-state index < -0.39 is 5.60 Å². The Bertz CT molecular complexity index is 379. The lowest BCUT2D eigenvalue weighted by Crippen LogP contribution is -2.41. The zero-order chi connectivity index (χ0) is 16.9. The van der Waals surface area contributed by atoms with Crippen LogP contribution < -0.4 is 5.32 Å². The molecule has 0 saturated carbocycles. The van der Waals surface area contributed by atoms with E-state index in [1.165, 1.54) is 6.42 Å². The fraction of sp³-hybridized carbons (Fsp3) is 0.944. The van der Waals surface area contributed by atoms with Crippen LogP contribution in [-0.4, -0.2) is 55.0 Å². The van der Waals surface area contributed by atoms with Crippen LogP contribution in [0.15, 0.2) is 0 Å². The Kier molecular flexibility index (Phi) is 6.72. The summed E-state index contributed by atoms with van der Waals surface area (Å²) in [6.07, 6.45) is 5.88. The molecule has 2 saturated heterocycles. The van der Waals surface area contributed by atoms with Crippen LogP contribution in [0.5, 0.6) is 0 Å². The quantitative estimate of drug-likeness (QED) is 0.843. The van der Waals surface area contributed by atoms with Crippen molar-refractivity contribution in [2.45, 2.75) is 77.5 Å². The van der Waals surface area contributed by atoms with Crippen molar-refractivity contribution in [3.63, 3.8) is 0 Å². The lowest BCUT2D eigenvalue weighted by atomic mass is 9.99. The van der Waals surface area contributed by atoms with Crippen LogP contribution in [0.25, 0.3) is 0 Å². The minimum absolute atomic E-state index is 0.172. The van der Waals surface area contributed by atoms with Gasteiger partial charge in [0, 0.05) is 25.7 Å². The van der Waals surface area contributed by atoms with Crippen molar-refractivity contribution in [3.8, 4) is 0 Å². The van der Waals surface area contributed by atoms with Gasteiger partial charge in [0.15, 0.2) is 0 Å². The van der Waals surface area contributed by atoms with Crippen molar-refractivity contribution < 1.29 is 14.3 Å². The summed E-state index contributed by atoms with van der Waals surface area (Å²) in [6.45, 7) is 11.4. The van der Waals surface area contributed by atoms with Crippen LogP contribution >= 0.6 is 0 Å². The van der Waals surface area contributed by atoms with E-state index >= 15 is 0 Å². The molecule has 5 nitrogen and oxygen atoms in total. The molecule has 0 aliphatic carbocycles. The molecule has 0 aromatic heterocycles. The maximum absolute atomic E-state index is 12.1. The first kappa shape index (κ1) is 18.5. The van der Waals surface area contributed by atoms with E-state index in [-0.39, 0.29) is 6.09 Å². The molecule has 2 rings (SSSR count). The molecular formula is C18H34N2O3. The summed E-state index contributed by atoms with van der Waals surface area (Å²) < 4.78 is 11.3. The van der Waals surface area contributed by atoms with Gasteiger partial charge < -0.3 is 19.7 Å². The van der Waals surface area contributed by atoms with Crippen LogP contribution in [0.3, 0.4) is 0 Å². The van der Waals surface area contributed by atoms with E-state index in [9.17, 15) is 4.79 Å². The summed E-state index contributed by atoms with van der Waals surface area (Å²) in [5.74, 6) is 0.537. The zero-order valence-corrected chi connectivity index (χ0v) is 15.3. The largest absolute Gasteiger partial charge is 0.444 e. The monoisotopic (exact) mass is 326 g/mol. The number of carbonyl (C=O) groups excluding carboxylic acids is 1. The number of hydrogen-bond acceptors (Lipinski definition) is 4. The summed E-state index contributed by atoms with van der Waals surface area (Å²) in [6, 6.07) is 0.566. The molecule has 0 bridgehead atoms. The number of carbonyl (C=O) groups is 1. The lowest BCUT2D eigenvalue weighted by molar-refractivity contribution is -0.00365. The summed E-state index contributed by atoms with van der Waals surface area (Å²) in [4.78, 5) is 13.9. The van der Waals surface area contributed by atoms with Crippen molar-refractivity contribution in [3.05, 3.63) is 0 Å². The van der Waals surface area contributed by atoms with E-state index in [4.69, 9.17) is 9.47 Å². The molecule has 5 heteroatoms. The molecule has 2 aliphatic rings. The highest BCUT2D eigenvalue weighted by Crippen LogP contribution is 2.21. The van der Waals surface area contributed by atoms with Gasteiger partial charge >= 0.3 is 6.09 Å². The topological polar surface area (TPSA) is 50.8 Å². The molecule has 0 radical (unpaired) electrons. The first-order valence-electron chi connectivity index (χ1n) is 9.20. The standard InChI is InChI=1S/C18H34N2O3/c1-5-6-16-11-15(8-10-22-16)19-12-14-7-9-20(13-14)17(21)23-18(2,3)4/h14-16,19H,5-13H2,1-4H3. The van der Waals surface area contributed by atoms with Gasteiger partial charge in [-0.05, 0) is 58.9 Å². The van der Waals surface area contributed by atoms with Gasteiger partial charge in [-0.1, -0.05) is 13.3 Å². The predicted octanol–water partition coefficient (Wildman–Crippen LogP) is 3.18. The Hall–Kier alpha value is -0.810. The summed E-state index contributed by atoms with van der Waals surface area (Å²) in [5.41, 5.74) is -0.413. The van der Waals surface area contributed by atoms with Gasteiger partial charge in [0.2, 0.25) is 0 Å². The molecule has 2 fully saturated rings. The SMILES string of the molecule is CCCC1CC(NCC2CCN(C(=O)OC(C)(C)C)C2)CCO1.